The number of halogens is 1. The average molecular weight is 285 g/mol. The maximum Gasteiger partial charge on any atom is 0.305 e. The van der Waals surface area contributed by atoms with Gasteiger partial charge in [-0.15, -0.1) is 0 Å². The van der Waals surface area contributed by atoms with E-state index in [0.717, 1.165) is 0 Å². The predicted octanol–water partition coefficient (Wildman–Crippen LogP) is 2.35. The second kappa shape index (κ2) is 6.02. The molecule has 5 nitrogen and oxygen atoms in total. The molecule has 0 aliphatic heterocycles. The maximum atomic E-state index is 12.1. The number of hydrogen-bond acceptors (Lipinski definition) is 3. The minimum absolute atomic E-state index is 0.146. The van der Waals surface area contributed by atoms with Crippen LogP contribution >= 0.6 is 11.6 Å². The number of aromatic nitrogens is 1. The normalized spacial score (nSPS) is 12.8. The Balaban J connectivity index is 2.88. The van der Waals surface area contributed by atoms with E-state index in [9.17, 15) is 9.59 Å². The highest BCUT2D eigenvalue weighted by molar-refractivity contribution is 6.33. The van der Waals surface area contributed by atoms with Gasteiger partial charge >= 0.3 is 5.97 Å². The third-order valence-electron chi connectivity index (χ3n) is 2.74. The van der Waals surface area contributed by atoms with Crippen LogP contribution in [0.4, 0.5) is 0 Å². The molecule has 1 unspecified atom stereocenters. The Hall–Kier alpha value is -1.62. The second-order valence-corrected chi connectivity index (χ2v) is 5.75. The van der Waals surface area contributed by atoms with Gasteiger partial charge in [-0.3, -0.25) is 14.6 Å². The van der Waals surface area contributed by atoms with Gasteiger partial charge in [-0.05, 0) is 11.5 Å². The zero-order chi connectivity index (χ0) is 14.6. The predicted molar refractivity (Wildman–Crippen MR) is 72.2 cm³/mol. The highest BCUT2D eigenvalue weighted by Gasteiger charge is 2.29. The van der Waals surface area contributed by atoms with Crippen LogP contribution in [0.15, 0.2) is 18.5 Å². The molecule has 0 bridgehead atoms. The number of amides is 1. The summed E-state index contributed by atoms with van der Waals surface area (Å²) in [5, 5.41) is 11.9. The van der Waals surface area contributed by atoms with Crippen molar-refractivity contribution in [2.45, 2.75) is 33.2 Å². The summed E-state index contributed by atoms with van der Waals surface area (Å²) in [6, 6.07) is 1.02. The Morgan fingerprint density at radius 2 is 2.11 bits per heavy atom. The van der Waals surface area contributed by atoms with E-state index >= 15 is 0 Å². The molecular formula is C13H17ClN2O3. The van der Waals surface area contributed by atoms with Crippen molar-refractivity contribution < 1.29 is 14.7 Å². The molecule has 1 aromatic heterocycles. The highest BCUT2D eigenvalue weighted by Crippen LogP contribution is 2.23. The van der Waals surface area contributed by atoms with Crippen LogP contribution < -0.4 is 5.32 Å². The molecule has 1 rings (SSSR count). The molecule has 0 fully saturated rings. The minimum Gasteiger partial charge on any atom is -0.481 e. The standard InChI is InChI=1S/C13H17ClN2O3/c1-13(2,3)10(6-11(17)18)16-12(19)8-7-15-5-4-9(8)14/h4-5,7,10H,6H2,1-3H3,(H,16,19)(H,17,18). The molecule has 0 radical (unpaired) electrons. The van der Waals surface area contributed by atoms with Crippen molar-refractivity contribution in [1.82, 2.24) is 10.3 Å². The molecular weight excluding hydrogens is 268 g/mol. The number of hydrogen-bond donors (Lipinski definition) is 2. The van der Waals surface area contributed by atoms with Crippen LogP contribution in [0.2, 0.25) is 5.02 Å². The summed E-state index contributed by atoms with van der Waals surface area (Å²) in [6.07, 6.45) is 2.70. The van der Waals surface area contributed by atoms with E-state index in [1.54, 1.807) is 0 Å². The van der Waals surface area contributed by atoms with Crippen LogP contribution in [0.5, 0.6) is 0 Å². The summed E-state index contributed by atoms with van der Waals surface area (Å²) in [4.78, 5) is 26.8. The summed E-state index contributed by atoms with van der Waals surface area (Å²) in [5.74, 6) is -1.38. The first kappa shape index (κ1) is 15.4. The largest absolute Gasteiger partial charge is 0.481 e. The van der Waals surface area contributed by atoms with Gasteiger partial charge in [0.2, 0.25) is 0 Å². The highest BCUT2D eigenvalue weighted by atomic mass is 35.5. The van der Waals surface area contributed by atoms with Gasteiger partial charge in [0.25, 0.3) is 5.91 Å². The molecule has 0 saturated carbocycles. The summed E-state index contributed by atoms with van der Waals surface area (Å²) in [6.45, 7) is 5.60. The number of carbonyl (C=O) groups is 2. The SMILES string of the molecule is CC(C)(C)C(CC(=O)O)NC(=O)c1cnccc1Cl. The van der Waals surface area contributed by atoms with Gasteiger partial charge in [0.15, 0.2) is 0 Å². The van der Waals surface area contributed by atoms with Crippen molar-refractivity contribution in [3.63, 3.8) is 0 Å². The molecule has 0 aliphatic carbocycles. The number of carboxylic acid groups (broad SMARTS) is 1. The first-order valence-corrected chi connectivity index (χ1v) is 6.22. The molecule has 0 aromatic carbocycles. The molecule has 0 spiro atoms. The number of nitrogens with one attached hydrogen (secondary N) is 1. The molecule has 1 amide bonds. The molecule has 19 heavy (non-hydrogen) atoms. The van der Waals surface area contributed by atoms with E-state index in [-0.39, 0.29) is 22.4 Å². The Bertz CT molecular complexity index is 483. The van der Waals surface area contributed by atoms with Gasteiger partial charge in [-0.25, -0.2) is 0 Å². The lowest BCUT2D eigenvalue weighted by atomic mass is 9.84. The van der Waals surface area contributed by atoms with Gasteiger partial charge in [0.05, 0.1) is 17.0 Å². The third kappa shape index (κ3) is 4.52. The number of nitrogens with zero attached hydrogens (tertiary/aromatic N) is 1. The molecule has 1 atom stereocenters. The fourth-order valence-electron chi connectivity index (χ4n) is 1.53. The van der Waals surface area contributed by atoms with E-state index in [0.29, 0.717) is 0 Å². The second-order valence-electron chi connectivity index (χ2n) is 5.35. The zero-order valence-electron chi connectivity index (χ0n) is 11.1. The van der Waals surface area contributed by atoms with Crippen LogP contribution in [0.25, 0.3) is 0 Å². The quantitative estimate of drug-likeness (QED) is 0.889. The molecule has 1 aromatic rings. The first-order chi connectivity index (χ1) is 8.71. The first-order valence-electron chi connectivity index (χ1n) is 5.84. The molecule has 104 valence electrons. The van der Waals surface area contributed by atoms with Gasteiger partial charge < -0.3 is 10.4 Å². The van der Waals surface area contributed by atoms with Crippen LogP contribution in [-0.2, 0) is 4.79 Å². The van der Waals surface area contributed by atoms with Crippen LogP contribution in [0, 0.1) is 5.41 Å². The van der Waals surface area contributed by atoms with Crippen LogP contribution in [0.1, 0.15) is 37.6 Å². The Kier molecular flexibility index (Phi) is 4.89. The fourth-order valence-corrected chi connectivity index (χ4v) is 1.72. The van der Waals surface area contributed by atoms with E-state index in [2.05, 4.69) is 10.3 Å². The van der Waals surface area contributed by atoms with Crippen LogP contribution in [0.3, 0.4) is 0 Å². The monoisotopic (exact) mass is 284 g/mol. The average Bonchev–Trinajstić information content (AvgIpc) is 2.26. The van der Waals surface area contributed by atoms with E-state index in [4.69, 9.17) is 16.7 Å². The topological polar surface area (TPSA) is 79.3 Å². The van der Waals surface area contributed by atoms with Gasteiger partial charge in [-0.2, -0.15) is 0 Å². The van der Waals surface area contributed by atoms with E-state index in [1.807, 2.05) is 20.8 Å². The van der Waals surface area contributed by atoms with Crippen molar-refractivity contribution >= 4 is 23.5 Å². The fraction of sp³-hybridized carbons (Fsp3) is 0.462. The molecule has 6 heteroatoms. The number of carboxylic acids is 1. The van der Waals surface area contributed by atoms with Crippen molar-refractivity contribution in [3.8, 4) is 0 Å². The van der Waals surface area contributed by atoms with E-state index in [1.165, 1.54) is 18.5 Å². The number of aliphatic carboxylic acids is 1. The third-order valence-corrected chi connectivity index (χ3v) is 3.07. The minimum atomic E-state index is -0.961. The van der Waals surface area contributed by atoms with Gasteiger partial charge in [0.1, 0.15) is 0 Å². The molecule has 2 N–H and O–H groups in total. The zero-order valence-corrected chi connectivity index (χ0v) is 11.9. The smallest absolute Gasteiger partial charge is 0.305 e. The van der Waals surface area contributed by atoms with Crippen LogP contribution in [-0.4, -0.2) is 28.0 Å². The Morgan fingerprint density at radius 3 is 2.58 bits per heavy atom. The van der Waals surface area contributed by atoms with Gasteiger partial charge in [-0.1, -0.05) is 32.4 Å². The molecule has 1 heterocycles. The lowest BCUT2D eigenvalue weighted by Gasteiger charge is -2.30. The number of carbonyl (C=O) groups excluding carboxylic acids is 1. The van der Waals surface area contributed by atoms with Crippen molar-refractivity contribution in [2.24, 2.45) is 5.41 Å². The number of rotatable bonds is 4. The molecule has 0 aliphatic rings. The van der Waals surface area contributed by atoms with E-state index < -0.39 is 17.9 Å². The summed E-state index contributed by atoms with van der Waals surface area (Å²) < 4.78 is 0. The summed E-state index contributed by atoms with van der Waals surface area (Å²) in [7, 11) is 0. The molecule has 0 saturated heterocycles. The summed E-state index contributed by atoms with van der Waals surface area (Å²) >= 11 is 5.91. The lowest BCUT2D eigenvalue weighted by Crippen LogP contribution is -2.45. The van der Waals surface area contributed by atoms with Crippen molar-refractivity contribution in [3.05, 3.63) is 29.0 Å². The maximum absolute atomic E-state index is 12.1. The number of pyridine rings is 1. The Morgan fingerprint density at radius 1 is 1.47 bits per heavy atom. The van der Waals surface area contributed by atoms with Crippen molar-refractivity contribution in [1.29, 1.82) is 0 Å². The van der Waals surface area contributed by atoms with Crippen molar-refractivity contribution in [2.75, 3.05) is 0 Å². The summed E-state index contributed by atoms with van der Waals surface area (Å²) in [5.41, 5.74) is -0.133. The Labute approximate surface area is 117 Å². The van der Waals surface area contributed by atoms with Gasteiger partial charge in [0, 0.05) is 18.4 Å². The lowest BCUT2D eigenvalue weighted by molar-refractivity contribution is -0.138.